The van der Waals surface area contributed by atoms with Crippen molar-refractivity contribution in [2.75, 3.05) is 26.5 Å². The Kier molecular flexibility index (Phi) is 6.41. The first-order valence-corrected chi connectivity index (χ1v) is 8.25. The zero-order valence-corrected chi connectivity index (χ0v) is 15.5. The lowest BCUT2D eigenvalue weighted by Gasteiger charge is -2.16. The number of carbonyl (C=O) groups excluding carboxylic acids is 1. The van der Waals surface area contributed by atoms with Crippen LogP contribution in [0.2, 0.25) is 5.02 Å². The molecule has 0 saturated carbocycles. The molecule has 0 aliphatic carbocycles. The molecule has 0 atom stereocenters. The number of methoxy groups -OCH3 is 2. The Hall–Kier alpha value is -2.80. The monoisotopic (exact) mass is 377 g/mol. The number of hydrogen-bond acceptors (Lipinski definition) is 6. The van der Waals surface area contributed by atoms with Gasteiger partial charge in [0.05, 0.1) is 37.2 Å². The van der Waals surface area contributed by atoms with Crippen molar-refractivity contribution >= 4 is 29.5 Å². The fourth-order valence-corrected chi connectivity index (χ4v) is 2.65. The van der Waals surface area contributed by atoms with Crippen molar-refractivity contribution in [3.8, 4) is 5.75 Å². The highest BCUT2D eigenvalue weighted by Gasteiger charge is 2.24. The summed E-state index contributed by atoms with van der Waals surface area (Å²) in [6, 6.07) is 7.19. The predicted octanol–water partition coefficient (Wildman–Crippen LogP) is 2.37. The lowest BCUT2D eigenvalue weighted by Crippen LogP contribution is -2.31. The van der Waals surface area contributed by atoms with Crippen LogP contribution in [0, 0.1) is 0 Å². The fraction of sp³-hybridized carbons (Fsp3) is 0.278. The molecule has 1 heterocycles. The van der Waals surface area contributed by atoms with Gasteiger partial charge in [0, 0.05) is 12.8 Å². The Balaban J connectivity index is 2.66. The highest BCUT2D eigenvalue weighted by atomic mass is 35.5. The van der Waals surface area contributed by atoms with E-state index in [9.17, 15) is 9.59 Å². The molecule has 2 rings (SSSR count). The van der Waals surface area contributed by atoms with Gasteiger partial charge in [-0.05, 0) is 24.6 Å². The number of benzene rings is 1. The predicted molar refractivity (Wildman–Crippen MR) is 102 cm³/mol. The van der Waals surface area contributed by atoms with Crippen LogP contribution in [0.1, 0.15) is 28.5 Å². The minimum atomic E-state index is -0.839. The van der Waals surface area contributed by atoms with Crippen molar-refractivity contribution in [1.82, 2.24) is 4.57 Å². The molecule has 0 unspecified atom stereocenters. The van der Waals surface area contributed by atoms with Gasteiger partial charge < -0.3 is 19.8 Å². The van der Waals surface area contributed by atoms with Gasteiger partial charge in [-0.2, -0.15) is 0 Å². The number of rotatable bonds is 6. The second-order valence-electron chi connectivity index (χ2n) is 5.35. The maximum atomic E-state index is 12.9. The van der Waals surface area contributed by atoms with Crippen LogP contribution in [0.15, 0.2) is 34.1 Å². The Morgan fingerprint density at radius 1 is 1.31 bits per heavy atom. The van der Waals surface area contributed by atoms with Gasteiger partial charge in [0.2, 0.25) is 0 Å². The molecule has 0 fully saturated rings. The first-order valence-electron chi connectivity index (χ1n) is 7.87. The molecule has 138 valence electrons. The Labute approximate surface area is 156 Å². The second kappa shape index (κ2) is 8.53. The van der Waals surface area contributed by atoms with Crippen LogP contribution >= 0.6 is 11.6 Å². The largest absolute Gasteiger partial charge is 0.497 e. The van der Waals surface area contributed by atoms with Gasteiger partial charge in [-0.3, -0.25) is 9.79 Å². The van der Waals surface area contributed by atoms with Crippen LogP contribution < -0.4 is 16.0 Å². The average Bonchev–Trinajstić information content (AvgIpc) is 2.66. The van der Waals surface area contributed by atoms with Crippen molar-refractivity contribution in [1.29, 1.82) is 0 Å². The molecule has 8 heteroatoms. The summed E-state index contributed by atoms with van der Waals surface area (Å²) >= 11 is 6.15. The highest BCUT2D eigenvalue weighted by Crippen LogP contribution is 2.25. The van der Waals surface area contributed by atoms with E-state index in [1.54, 1.807) is 19.2 Å². The molecule has 0 amide bonds. The highest BCUT2D eigenvalue weighted by molar-refractivity contribution is 6.36. The van der Waals surface area contributed by atoms with Crippen molar-refractivity contribution in [2.24, 2.45) is 4.99 Å². The number of ether oxygens (including phenoxy) is 2. The third-order valence-electron chi connectivity index (χ3n) is 3.77. The minimum absolute atomic E-state index is 0.0948. The van der Waals surface area contributed by atoms with Crippen LogP contribution in [-0.2, 0) is 11.3 Å². The van der Waals surface area contributed by atoms with Crippen molar-refractivity contribution in [2.45, 2.75) is 13.5 Å². The summed E-state index contributed by atoms with van der Waals surface area (Å²) < 4.78 is 11.2. The van der Waals surface area contributed by atoms with Gasteiger partial charge in [0.25, 0.3) is 5.56 Å². The van der Waals surface area contributed by atoms with Crippen molar-refractivity contribution in [3.05, 3.63) is 56.5 Å². The summed E-state index contributed by atoms with van der Waals surface area (Å²) in [5, 5.41) is -0.134. The number of halogens is 1. The van der Waals surface area contributed by atoms with Crippen LogP contribution in [-0.4, -0.2) is 37.5 Å². The Bertz CT molecular complexity index is 889. The molecule has 26 heavy (non-hydrogen) atoms. The number of carbonyl (C=O) groups is 1. The van der Waals surface area contributed by atoms with Gasteiger partial charge in [0.15, 0.2) is 0 Å². The van der Waals surface area contributed by atoms with Gasteiger partial charge in [0.1, 0.15) is 11.3 Å². The number of pyridine rings is 1. The minimum Gasteiger partial charge on any atom is -0.497 e. The van der Waals surface area contributed by atoms with Crippen molar-refractivity contribution in [3.63, 3.8) is 0 Å². The molecule has 0 saturated heterocycles. The van der Waals surface area contributed by atoms with E-state index in [0.717, 1.165) is 5.56 Å². The molecular formula is C18H20ClN3O4. The van der Waals surface area contributed by atoms with Gasteiger partial charge in [-0.1, -0.05) is 23.7 Å². The Morgan fingerprint density at radius 2 is 1.96 bits per heavy atom. The van der Waals surface area contributed by atoms with E-state index in [2.05, 4.69) is 9.73 Å². The van der Waals surface area contributed by atoms with Gasteiger partial charge >= 0.3 is 5.97 Å². The second-order valence-corrected chi connectivity index (χ2v) is 5.72. The van der Waals surface area contributed by atoms with E-state index in [0.29, 0.717) is 18.0 Å². The first-order chi connectivity index (χ1) is 12.4. The number of esters is 1. The van der Waals surface area contributed by atoms with Gasteiger partial charge in [-0.25, -0.2) is 4.79 Å². The first kappa shape index (κ1) is 19.5. The molecule has 0 bridgehead atoms. The third-order valence-corrected chi connectivity index (χ3v) is 4.16. The standard InChI is InChI=1S/C18H20ClN3O4/c1-4-21-9-13-16(20)15(19)14(18(24)26-3)17(23)22(13)10-11-5-7-12(25-2)8-6-11/h5-9H,4,10,20H2,1-3H3. The summed E-state index contributed by atoms with van der Waals surface area (Å²) in [6.45, 7) is 2.54. The van der Waals surface area contributed by atoms with Gasteiger partial charge in [-0.15, -0.1) is 0 Å². The SMILES string of the molecule is CCN=Cc1c(N)c(Cl)c(C(=O)OC)c(=O)n1Cc1ccc(OC)cc1. The average molecular weight is 378 g/mol. The summed E-state index contributed by atoms with van der Waals surface area (Å²) in [5.41, 5.74) is 6.43. The fourth-order valence-electron chi connectivity index (χ4n) is 2.40. The maximum absolute atomic E-state index is 12.9. The summed E-state index contributed by atoms with van der Waals surface area (Å²) in [7, 11) is 2.75. The summed E-state index contributed by atoms with van der Waals surface area (Å²) in [6.07, 6.45) is 1.48. The van der Waals surface area contributed by atoms with E-state index in [1.807, 2.05) is 19.1 Å². The zero-order valence-electron chi connectivity index (χ0n) is 14.8. The molecule has 1 aromatic carbocycles. The number of aromatic nitrogens is 1. The van der Waals surface area contributed by atoms with E-state index < -0.39 is 11.5 Å². The molecule has 1 aromatic heterocycles. The number of nitrogen functional groups attached to an aromatic ring is 1. The zero-order chi connectivity index (χ0) is 19.3. The van der Waals surface area contributed by atoms with E-state index in [1.165, 1.54) is 17.9 Å². The molecule has 2 aromatic rings. The molecular weight excluding hydrogens is 358 g/mol. The van der Waals surface area contributed by atoms with Crippen LogP contribution in [0.3, 0.4) is 0 Å². The van der Waals surface area contributed by atoms with Crippen LogP contribution in [0.4, 0.5) is 5.69 Å². The quantitative estimate of drug-likeness (QED) is 0.615. The van der Waals surface area contributed by atoms with Crippen LogP contribution in [0.5, 0.6) is 5.75 Å². The topological polar surface area (TPSA) is 95.9 Å². The Morgan fingerprint density at radius 3 is 2.50 bits per heavy atom. The lowest BCUT2D eigenvalue weighted by molar-refractivity contribution is 0.0598. The molecule has 0 spiro atoms. The smallest absolute Gasteiger partial charge is 0.345 e. The van der Waals surface area contributed by atoms with E-state index in [-0.39, 0.29) is 22.8 Å². The number of hydrogen-bond donors (Lipinski definition) is 1. The molecule has 2 N–H and O–H groups in total. The summed E-state index contributed by atoms with van der Waals surface area (Å²) in [5.74, 6) is -0.145. The number of nitrogens with zero attached hydrogens (tertiary/aromatic N) is 2. The number of nitrogens with two attached hydrogens (primary N) is 1. The molecule has 0 aliphatic heterocycles. The summed E-state index contributed by atoms with van der Waals surface area (Å²) in [4.78, 5) is 29.0. The third kappa shape index (κ3) is 3.88. The lowest BCUT2D eigenvalue weighted by atomic mass is 10.1. The molecule has 7 nitrogen and oxygen atoms in total. The normalized spacial score (nSPS) is 10.9. The van der Waals surface area contributed by atoms with E-state index >= 15 is 0 Å². The molecule has 0 aliphatic rings. The van der Waals surface area contributed by atoms with Crippen molar-refractivity contribution < 1.29 is 14.3 Å². The molecule has 0 radical (unpaired) electrons. The van der Waals surface area contributed by atoms with E-state index in [4.69, 9.17) is 22.1 Å². The number of anilines is 1. The number of aliphatic imine (C=N–C) groups is 1. The van der Waals surface area contributed by atoms with Crippen LogP contribution in [0.25, 0.3) is 0 Å². The maximum Gasteiger partial charge on any atom is 0.345 e.